The Labute approximate surface area is 110 Å². The Morgan fingerprint density at radius 2 is 2.06 bits per heavy atom. The molecule has 0 aromatic heterocycles. The van der Waals surface area contributed by atoms with Gasteiger partial charge < -0.3 is 10.2 Å². The maximum absolute atomic E-state index is 3.80. The molecule has 0 spiro atoms. The van der Waals surface area contributed by atoms with E-state index in [1.807, 2.05) is 0 Å². The van der Waals surface area contributed by atoms with Crippen molar-refractivity contribution in [3.63, 3.8) is 0 Å². The fraction of sp³-hybridized carbons (Fsp3) is 0.625. The Balaban J connectivity index is 1.49. The minimum atomic E-state index is 0.771. The number of fused-ring (bicyclic) bond motifs is 2. The predicted octanol–water partition coefficient (Wildman–Crippen LogP) is 2.22. The average molecular weight is 244 g/mol. The Kier molecular flexibility index (Phi) is 3.67. The fourth-order valence-electron chi connectivity index (χ4n) is 3.50. The highest BCUT2D eigenvalue weighted by molar-refractivity contribution is 5.25. The van der Waals surface area contributed by atoms with E-state index in [4.69, 9.17) is 0 Å². The van der Waals surface area contributed by atoms with Gasteiger partial charge in [0.25, 0.3) is 0 Å². The van der Waals surface area contributed by atoms with Gasteiger partial charge in [0.1, 0.15) is 0 Å². The van der Waals surface area contributed by atoms with Gasteiger partial charge in [-0.3, -0.25) is 0 Å². The summed E-state index contributed by atoms with van der Waals surface area (Å²) in [5, 5.41) is 3.80. The van der Waals surface area contributed by atoms with Gasteiger partial charge in [-0.05, 0) is 62.9 Å². The number of rotatable bonds is 4. The van der Waals surface area contributed by atoms with Crippen LogP contribution in [0.5, 0.6) is 0 Å². The van der Waals surface area contributed by atoms with Gasteiger partial charge in [0.2, 0.25) is 0 Å². The molecule has 2 nitrogen and oxygen atoms in total. The van der Waals surface area contributed by atoms with E-state index >= 15 is 0 Å². The third-order valence-electron chi connectivity index (χ3n) is 4.70. The molecule has 3 rings (SSSR count). The van der Waals surface area contributed by atoms with Crippen LogP contribution in [-0.4, -0.2) is 37.1 Å². The third kappa shape index (κ3) is 2.60. The number of benzene rings is 1. The van der Waals surface area contributed by atoms with Crippen LogP contribution in [0.2, 0.25) is 0 Å². The highest BCUT2D eigenvalue weighted by Crippen LogP contribution is 2.26. The summed E-state index contributed by atoms with van der Waals surface area (Å²) in [7, 11) is 0. The van der Waals surface area contributed by atoms with Crippen molar-refractivity contribution in [3.8, 4) is 0 Å². The van der Waals surface area contributed by atoms with Crippen LogP contribution in [0.4, 0.5) is 0 Å². The van der Waals surface area contributed by atoms with E-state index in [1.54, 1.807) is 0 Å². The van der Waals surface area contributed by atoms with Gasteiger partial charge in [-0.15, -0.1) is 0 Å². The topological polar surface area (TPSA) is 15.3 Å². The van der Waals surface area contributed by atoms with E-state index in [-0.39, 0.29) is 0 Å². The third-order valence-corrected chi connectivity index (χ3v) is 4.70. The van der Waals surface area contributed by atoms with Crippen LogP contribution in [0.1, 0.15) is 24.0 Å². The lowest BCUT2D eigenvalue weighted by molar-refractivity contribution is 0.222. The molecule has 1 aromatic carbocycles. The van der Waals surface area contributed by atoms with Crippen molar-refractivity contribution in [1.29, 1.82) is 0 Å². The molecule has 0 aliphatic carbocycles. The molecule has 2 heterocycles. The molecule has 3 unspecified atom stereocenters. The highest BCUT2D eigenvalue weighted by atomic mass is 15.2. The predicted molar refractivity (Wildman–Crippen MR) is 75.8 cm³/mol. The molecule has 2 bridgehead atoms. The lowest BCUT2D eigenvalue weighted by Crippen LogP contribution is -2.44. The second-order valence-electron chi connectivity index (χ2n) is 5.88. The first-order chi connectivity index (χ1) is 8.83. The van der Waals surface area contributed by atoms with Gasteiger partial charge in [0, 0.05) is 12.6 Å². The van der Waals surface area contributed by atoms with Crippen LogP contribution in [0, 0.1) is 12.8 Å². The molecule has 98 valence electrons. The van der Waals surface area contributed by atoms with Crippen LogP contribution >= 0.6 is 0 Å². The molecule has 3 atom stereocenters. The zero-order valence-electron chi connectivity index (χ0n) is 11.4. The molecular formula is C16H24N2. The number of aryl methyl sites for hydroxylation is 1. The molecule has 2 heteroatoms. The number of hydrogen-bond donors (Lipinski definition) is 1. The van der Waals surface area contributed by atoms with E-state index < -0.39 is 0 Å². The lowest BCUT2D eigenvalue weighted by atomic mass is 9.94. The zero-order valence-corrected chi connectivity index (χ0v) is 11.4. The van der Waals surface area contributed by atoms with Crippen molar-refractivity contribution in [2.24, 2.45) is 5.92 Å². The first-order valence-corrected chi connectivity index (χ1v) is 7.33. The van der Waals surface area contributed by atoms with E-state index in [0.717, 1.165) is 18.5 Å². The number of piperidine rings is 1. The zero-order chi connectivity index (χ0) is 12.4. The van der Waals surface area contributed by atoms with Gasteiger partial charge in [-0.2, -0.15) is 0 Å². The molecule has 1 aromatic rings. The van der Waals surface area contributed by atoms with Crippen molar-refractivity contribution in [2.75, 3.05) is 26.2 Å². The second-order valence-corrected chi connectivity index (χ2v) is 5.88. The molecule has 0 saturated carbocycles. The lowest BCUT2D eigenvalue weighted by Gasteiger charge is -2.31. The van der Waals surface area contributed by atoms with Crippen LogP contribution in [0.25, 0.3) is 0 Å². The Hall–Kier alpha value is -0.860. The number of nitrogens with zero attached hydrogens (tertiary/aromatic N) is 1. The molecule has 2 aliphatic heterocycles. The summed E-state index contributed by atoms with van der Waals surface area (Å²) in [6.45, 7) is 7.32. The number of nitrogens with one attached hydrogen (secondary N) is 1. The quantitative estimate of drug-likeness (QED) is 0.873. The van der Waals surface area contributed by atoms with Crippen molar-refractivity contribution >= 4 is 0 Å². The second kappa shape index (κ2) is 5.41. The van der Waals surface area contributed by atoms with Crippen LogP contribution in [-0.2, 0) is 6.42 Å². The SMILES string of the molecule is Cc1ccccc1CCNC1CCN2CCC1C2. The largest absolute Gasteiger partial charge is 0.313 e. The molecule has 1 N–H and O–H groups in total. The standard InChI is InChI=1S/C16H24N2/c1-13-4-2-3-5-14(13)6-9-17-16-8-11-18-10-7-15(16)12-18/h2-5,15-17H,6-12H2,1H3. The molecule has 2 aliphatic rings. The molecule has 2 saturated heterocycles. The van der Waals surface area contributed by atoms with Gasteiger partial charge in [0.05, 0.1) is 0 Å². The van der Waals surface area contributed by atoms with E-state index in [0.29, 0.717) is 0 Å². The monoisotopic (exact) mass is 244 g/mol. The Morgan fingerprint density at radius 1 is 1.22 bits per heavy atom. The van der Waals surface area contributed by atoms with Gasteiger partial charge in [0.15, 0.2) is 0 Å². The van der Waals surface area contributed by atoms with E-state index in [2.05, 4.69) is 41.4 Å². The first kappa shape index (κ1) is 12.2. The maximum atomic E-state index is 3.80. The molecule has 0 radical (unpaired) electrons. The van der Waals surface area contributed by atoms with E-state index in [1.165, 1.54) is 50.0 Å². The number of hydrogen-bond acceptors (Lipinski definition) is 2. The van der Waals surface area contributed by atoms with Crippen LogP contribution in [0.3, 0.4) is 0 Å². The fourth-order valence-corrected chi connectivity index (χ4v) is 3.50. The summed E-state index contributed by atoms with van der Waals surface area (Å²) in [6, 6.07) is 9.52. The smallest absolute Gasteiger partial charge is 0.0120 e. The molecule has 0 amide bonds. The van der Waals surface area contributed by atoms with Crippen molar-refractivity contribution < 1.29 is 0 Å². The summed E-state index contributed by atoms with van der Waals surface area (Å²) in [5.41, 5.74) is 2.92. The molecule has 2 fully saturated rings. The van der Waals surface area contributed by atoms with Crippen molar-refractivity contribution in [1.82, 2.24) is 10.2 Å². The first-order valence-electron chi connectivity index (χ1n) is 7.33. The Bertz CT molecular complexity index is 402. The van der Waals surface area contributed by atoms with Gasteiger partial charge in [-0.1, -0.05) is 24.3 Å². The van der Waals surface area contributed by atoms with Crippen LogP contribution in [0.15, 0.2) is 24.3 Å². The van der Waals surface area contributed by atoms with Gasteiger partial charge >= 0.3 is 0 Å². The Morgan fingerprint density at radius 3 is 2.94 bits per heavy atom. The van der Waals surface area contributed by atoms with Crippen molar-refractivity contribution in [2.45, 2.75) is 32.2 Å². The summed E-state index contributed by atoms with van der Waals surface area (Å²) in [5.74, 6) is 0.913. The summed E-state index contributed by atoms with van der Waals surface area (Å²) >= 11 is 0. The van der Waals surface area contributed by atoms with Crippen LogP contribution < -0.4 is 5.32 Å². The summed E-state index contributed by atoms with van der Waals surface area (Å²) in [4.78, 5) is 2.62. The maximum Gasteiger partial charge on any atom is 0.0120 e. The van der Waals surface area contributed by atoms with Gasteiger partial charge in [-0.25, -0.2) is 0 Å². The summed E-state index contributed by atoms with van der Waals surface area (Å²) in [6.07, 6.45) is 3.92. The van der Waals surface area contributed by atoms with E-state index in [9.17, 15) is 0 Å². The average Bonchev–Trinajstić information content (AvgIpc) is 2.77. The summed E-state index contributed by atoms with van der Waals surface area (Å²) < 4.78 is 0. The highest BCUT2D eigenvalue weighted by Gasteiger charge is 2.33. The van der Waals surface area contributed by atoms with Crippen molar-refractivity contribution in [3.05, 3.63) is 35.4 Å². The minimum Gasteiger partial charge on any atom is -0.313 e. The normalized spacial score (nSPS) is 30.6. The molecule has 18 heavy (non-hydrogen) atoms. The minimum absolute atomic E-state index is 0.771. The molecular weight excluding hydrogens is 220 g/mol.